The average Bonchev–Trinajstić information content (AvgIpc) is 3.42. The van der Waals surface area contributed by atoms with Crippen molar-refractivity contribution in [3.05, 3.63) is 36.2 Å². The molecule has 2 aromatic heterocycles. The molecule has 2 aliphatic heterocycles. The maximum Gasteiger partial charge on any atom is 0.294 e. The fourth-order valence-electron chi connectivity index (χ4n) is 4.71. The summed E-state index contributed by atoms with van der Waals surface area (Å²) in [5, 5.41) is 27.1. The number of benzene rings is 1. The molecule has 5 unspecified atom stereocenters. The van der Waals surface area contributed by atoms with Crippen molar-refractivity contribution in [2.24, 2.45) is 0 Å². The molecule has 5 atom stereocenters. The number of hydrogen-bond acceptors (Lipinski definition) is 9. The Morgan fingerprint density at radius 1 is 1.27 bits per heavy atom. The minimum absolute atomic E-state index is 0.0460. The summed E-state index contributed by atoms with van der Waals surface area (Å²) in [6, 6.07) is 6.70. The van der Waals surface area contributed by atoms with Crippen LogP contribution in [0.5, 0.6) is 10.9 Å². The molecule has 176 valence electrons. The molecule has 4 heterocycles. The second-order valence-electron chi connectivity index (χ2n) is 8.50. The first-order chi connectivity index (χ1) is 15.9. The topological polar surface area (TPSA) is 104 Å². The van der Waals surface area contributed by atoms with Gasteiger partial charge in [0.05, 0.1) is 23.0 Å². The molecule has 0 radical (unpaired) electrons. The fourth-order valence-corrected chi connectivity index (χ4v) is 5.49. The highest BCUT2D eigenvalue weighted by Crippen LogP contribution is 2.40. The van der Waals surface area contributed by atoms with Crippen LogP contribution >= 0.6 is 11.3 Å². The molecule has 2 N–H and O–H groups in total. The molecule has 2 saturated heterocycles. The molecule has 1 aromatic carbocycles. The molecule has 3 aromatic rings. The number of fused-ring (bicyclic) bond motifs is 4. The van der Waals surface area contributed by atoms with Crippen LogP contribution in [0.25, 0.3) is 16.3 Å². The Morgan fingerprint density at radius 2 is 2.12 bits per heavy atom. The smallest absolute Gasteiger partial charge is 0.294 e. The van der Waals surface area contributed by atoms with Gasteiger partial charge in [-0.25, -0.2) is 9.07 Å². The van der Waals surface area contributed by atoms with Crippen LogP contribution in [0.2, 0.25) is 0 Å². The zero-order valence-electron chi connectivity index (χ0n) is 18.6. The Kier molecular flexibility index (Phi) is 5.81. The molecule has 3 aliphatic rings. The second kappa shape index (κ2) is 8.64. The zero-order valence-corrected chi connectivity index (χ0v) is 19.4. The molecular formula is C22H26FN5O4S. The number of phenolic OH excluding ortho intramolecular Hbond substituents is 1. The number of piperidine rings is 1. The van der Waals surface area contributed by atoms with Crippen LogP contribution in [0.3, 0.4) is 0 Å². The van der Waals surface area contributed by atoms with Crippen LogP contribution in [0.15, 0.2) is 30.5 Å². The molecule has 0 spiro atoms. The van der Waals surface area contributed by atoms with Crippen LogP contribution in [0, 0.1) is 6.92 Å². The summed E-state index contributed by atoms with van der Waals surface area (Å²) in [6.07, 6.45) is 0.418. The van der Waals surface area contributed by atoms with Gasteiger partial charge in [0.2, 0.25) is 0 Å². The van der Waals surface area contributed by atoms with Crippen molar-refractivity contribution >= 4 is 11.3 Å². The molecule has 3 fully saturated rings. The number of aryl methyl sites for hydroxylation is 1. The van der Waals surface area contributed by atoms with Gasteiger partial charge in [-0.1, -0.05) is 16.4 Å². The van der Waals surface area contributed by atoms with Gasteiger partial charge < -0.3 is 24.6 Å². The van der Waals surface area contributed by atoms with Gasteiger partial charge in [-0.15, -0.1) is 5.10 Å². The molecule has 2 bridgehead atoms. The first-order valence-corrected chi connectivity index (χ1v) is 11.6. The lowest BCUT2D eigenvalue weighted by molar-refractivity contribution is -0.137. The van der Waals surface area contributed by atoms with Gasteiger partial charge in [-0.2, -0.15) is 5.10 Å². The van der Waals surface area contributed by atoms with E-state index in [9.17, 15) is 5.11 Å². The number of nitrogens with zero attached hydrogens (tertiary/aromatic N) is 4. The largest absolute Gasteiger partial charge is 0.507 e. The highest BCUT2D eigenvalue weighted by atomic mass is 32.1. The Hall–Kier alpha value is -2.60. The van der Waals surface area contributed by atoms with E-state index in [1.54, 1.807) is 31.0 Å². The standard InChI is InChI=1S/C22H26FN5O4S/c1-12-6-7-28(27-12)13-4-5-14(16(29)8-13)20-25-26-21(33-20)32-17-10-22(31-3)11-24-15(19(17)23)9-18(22)30-2/h4-8,15,17-19,24,29H,9-11H2,1-3H3. The normalized spacial score (nSPS) is 29.2. The van der Waals surface area contributed by atoms with Crippen molar-refractivity contribution in [2.45, 2.75) is 49.8 Å². The van der Waals surface area contributed by atoms with Crippen LogP contribution in [-0.2, 0) is 9.47 Å². The number of aromatic hydroxyl groups is 1. The minimum atomic E-state index is -1.25. The summed E-state index contributed by atoms with van der Waals surface area (Å²) < 4.78 is 34.4. The molecule has 33 heavy (non-hydrogen) atoms. The highest BCUT2D eigenvalue weighted by molar-refractivity contribution is 7.16. The number of methoxy groups -OCH3 is 2. The summed E-state index contributed by atoms with van der Waals surface area (Å²) >= 11 is 1.16. The first-order valence-electron chi connectivity index (χ1n) is 10.7. The van der Waals surface area contributed by atoms with Crippen LogP contribution in [-0.4, -0.2) is 75.9 Å². The Balaban J connectivity index is 1.36. The summed E-state index contributed by atoms with van der Waals surface area (Å²) in [4.78, 5) is 0. The molecule has 1 saturated carbocycles. The predicted octanol–water partition coefficient (Wildman–Crippen LogP) is 2.66. The van der Waals surface area contributed by atoms with Gasteiger partial charge in [0.1, 0.15) is 17.5 Å². The van der Waals surface area contributed by atoms with E-state index in [-0.39, 0.29) is 23.1 Å². The molecule has 11 heteroatoms. The number of nitrogens with one attached hydrogen (secondary N) is 1. The number of halogens is 1. The van der Waals surface area contributed by atoms with Crippen molar-refractivity contribution in [1.29, 1.82) is 0 Å². The number of aromatic nitrogens is 4. The SMILES string of the molecule is COC1CC2NCC1(OC)CC(Oc1nnc(-c3ccc(-n4ccc(C)n4)cc3O)s1)C2F. The summed E-state index contributed by atoms with van der Waals surface area (Å²) in [6.45, 7) is 2.39. The second-order valence-corrected chi connectivity index (χ2v) is 9.44. The minimum Gasteiger partial charge on any atom is -0.507 e. The number of alkyl halides is 1. The third-order valence-corrected chi connectivity index (χ3v) is 7.40. The maximum absolute atomic E-state index is 15.3. The maximum atomic E-state index is 15.3. The van der Waals surface area contributed by atoms with E-state index < -0.39 is 17.9 Å². The first kappa shape index (κ1) is 22.2. The Labute approximate surface area is 194 Å². The molecule has 1 aliphatic carbocycles. The number of rotatable bonds is 6. The summed E-state index contributed by atoms with van der Waals surface area (Å²) in [5.74, 6) is 0.0460. The van der Waals surface area contributed by atoms with E-state index in [2.05, 4.69) is 20.6 Å². The predicted molar refractivity (Wildman–Crippen MR) is 120 cm³/mol. The fraction of sp³-hybridized carbons (Fsp3) is 0.500. The summed E-state index contributed by atoms with van der Waals surface area (Å²) in [5.41, 5.74) is 1.44. The average molecular weight is 476 g/mol. The monoisotopic (exact) mass is 475 g/mol. The Bertz CT molecular complexity index is 1140. The van der Waals surface area contributed by atoms with Crippen molar-refractivity contribution in [3.63, 3.8) is 0 Å². The molecular weight excluding hydrogens is 449 g/mol. The van der Waals surface area contributed by atoms with Crippen molar-refractivity contribution < 1.29 is 23.7 Å². The lowest BCUT2D eigenvalue weighted by atomic mass is 9.87. The summed E-state index contributed by atoms with van der Waals surface area (Å²) in [7, 11) is 3.24. The number of hydrogen-bond donors (Lipinski definition) is 2. The van der Waals surface area contributed by atoms with E-state index in [0.717, 1.165) is 22.7 Å². The third-order valence-electron chi connectivity index (χ3n) is 6.55. The van der Waals surface area contributed by atoms with Crippen LogP contribution in [0.4, 0.5) is 4.39 Å². The van der Waals surface area contributed by atoms with Gasteiger partial charge in [0.15, 0.2) is 11.2 Å². The van der Waals surface area contributed by atoms with Gasteiger partial charge in [-0.3, -0.25) is 0 Å². The van der Waals surface area contributed by atoms with Crippen LogP contribution < -0.4 is 10.1 Å². The zero-order chi connectivity index (χ0) is 23.2. The molecule has 0 amide bonds. The van der Waals surface area contributed by atoms with Crippen molar-refractivity contribution in [1.82, 2.24) is 25.3 Å². The van der Waals surface area contributed by atoms with Gasteiger partial charge >= 0.3 is 0 Å². The van der Waals surface area contributed by atoms with E-state index in [1.165, 1.54) is 0 Å². The van der Waals surface area contributed by atoms with E-state index >= 15 is 4.39 Å². The number of phenols is 1. The number of ether oxygens (including phenoxy) is 3. The van der Waals surface area contributed by atoms with E-state index in [0.29, 0.717) is 30.0 Å². The lowest BCUT2D eigenvalue weighted by Gasteiger charge is -2.42. The molecule has 9 nitrogen and oxygen atoms in total. The van der Waals surface area contributed by atoms with Gasteiger partial charge in [-0.05, 0) is 31.5 Å². The van der Waals surface area contributed by atoms with Gasteiger partial charge in [0.25, 0.3) is 5.19 Å². The molecule has 6 rings (SSSR count). The third kappa shape index (κ3) is 3.99. The quantitative estimate of drug-likeness (QED) is 0.561. The lowest BCUT2D eigenvalue weighted by Crippen LogP contribution is -2.59. The van der Waals surface area contributed by atoms with Crippen LogP contribution in [0.1, 0.15) is 18.5 Å². The van der Waals surface area contributed by atoms with Crippen molar-refractivity contribution in [2.75, 3.05) is 20.8 Å². The van der Waals surface area contributed by atoms with E-state index in [4.69, 9.17) is 14.2 Å². The van der Waals surface area contributed by atoms with Gasteiger partial charge in [0, 0.05) is 45.5 Å². The van der Waals surface area contributed by atoms with Crippen molar-refractivity contribution in [3.8, 4) is 27.2 Å². The Morgan fingerprint density at radius 3 is 2.82 bits per heavy atom. The highest BCUT2D eigenvalue weighted by Gasteiger charge is 2.54. The van der Waals surface area contributed by atoms with E-state index in [1.807, 2.05) is 25.3 Å².